The lowest BCUT2D eigenvalue weighted by atomic mass is 10.1. The smallest absolute Gasteiger partial charge is 0.315 e. The van der Waals surface area contributed by atoms with Gasteiger partial charge in [0.25, 0.3) is 0 Å². The van der Waals surface area contributed by atoms with Crippen molar-refractivity contribution in [3.8, 4) is 0 Å². The minimum absolute atomic E-state index is 0.208. The number of carbonyl (C=O) groups excluding carboxylic acids is 1. The van der Waals surface area contributed by atoms with Crippen LogP contribution in [0.3, 0.4) is 0 Å². The van der Waals surface area contributed by atoms with Crippen LogP contribution in [0.4, 0.5) is 0 Å². The Morgan fingerprint density at radius 3 is 2.40 bits per heavy atom. The highest BCUT2D eigenvalue weighted by Gasteiger charge is 2.03. The number of carbonyl (C=O) groups is 1. The van der Waals surface area contributed by atoms with Gasteiger partial charge in [-0.3, -0.25) is 4.79 Å². The maximum atomic E-state index is 11.7. The van der Waals surface area contributed by atoms with Gasteiger partial charge < -0.3 is 4.74 Å². The van der Waals surface area contributed by atoms with Crippen LogP contribution in [-0.2, 0) is 16.0 Å². The van der Waals surface area contributed by atoms with E-state index in [1.807, 2.05) is 37.3 Å². The predicted octanol–water partition coefficient (Wildman–Crippen LogP) is 4.81. The lowest BCUT2D eigenvalue weighted by Gasteiger charge is -2.04. The van der Waals surface area contributed by atoms with Gasteiger partial charge in [0.1, 0.15) is 0 Å². The third-order valence-corrected chi connectivity index (χ3v) is 3.22. The maximum absolute atomic E-state index is 11.7. The van der Waals surface area contributed by atoms with Crippen LogP contribution in [0.25, 0.3) is 0 Å². The quantitative estimate of drug-likeness (QED) is 0.404. The summed E-state index contributed by atoms with van der Waals surface area (Å²) in [4.78, 5) is 11.7. The first kappa shape index (κ1) is 16.2. The van der Waals surface area contributed by atoms with Crippen LogP contribution < -0.4 is 0 Å². The van der Waals surface area contributed by atoms with Crippen LogP contribution in [0.2, 0.25) is 0 Å². The average molecular weight is 272 g/mol. The third-order valence-electron chi connectivity index (χ3n) is 3.22. The molecule has 20 heavy (non-hydrogen) atoms. The molecule has 0 amide bonds. The first-order valence-corrected chi connectivity index (χ1v) is 7.12. The van der Waals surface area contributed by atoms with E-state index < -0.39 is 0 Å². The molecule has 0 radical (unpaired) electrons. The molecular weight excluding hydrogens is 248 g/mol. The monoisotopic (exact) mass is 272 g/mol. The number of hydrogen-bond acceptors (Lipinski definition) is 2. The van der Waals surface area contributed by atoms with Gasteiger partial charge in [0.2, 0.25) is 0 Å². The Bertz CT molecular complexity index is 469. The van der Waals surface area contributed by atoms with Crippen LogP contribution in [0, 0.1) is 0 Å². The number of hydrogen-bond donors (Lipinski definition) is 0. The van der Waals surface area contributed by atoms with E-state index in [0.717, 1.165) is 30.4 Å². The molecular formula is C18H24O2. The zero-order valence-electron chi connectivity index (χ0n) is 12.7. The highest BCUT2D eigenvalue weighted by Crippen LogP contribution is 2.11. The van der Waals surface area contributed by atoms with E-state index in [9.17, 15) is 4.79 Å². The molecule has 1 rings (SSSR count). The fourth-order valence-electron chi connectivity index (χ4n) is 1.82. The summed E-state index contributed by atoms with van der Waals surface area (Å²) in [6.45, 7) is 6.20. The molecule has 0 saturated carbocycles. The highest BCUT2D eigenvalue weighted by atomic mass is 16.5. The largest absolute Gasteiger partial charge is 0.434 e. The van der Waals surface area contributed by atoms with Crippen molar-refractivity contribution in [3.63, 3.8) is 0 Å². The molecule has 0 aliphatic carbocycles. The van der Waals surface area contributed by atoms with E-state index >= 15 is 0 Å². The second-order valence-corrected chi connectivity index (χ2v) is 5.11. The van der Waals surface area contributed by atoms with E-state index in [2.05, 4.69) is 19.9 Å². The van der Waals surface area contributed by atoms with Crippen LogP contribution in [0.1, 0.15) is 45.6 Å². The molecule has 0 bridgehead atoms. The molecule has 1 aromatic carbocycles. The van der Waals surface area contributed by atoms with Crippen molar-refractivity contribution in [2.45, 2.75) is 46.5 Å². The third kappa shape index (κ3) is 6.93. The van der Waals surface area contributed by atoms with Gasteiger partial charge in [-0.1, -0.05) is 42.0 Å². The van der Waals surface area contributed by atoms with Gasteiger partial charge in [-0.15, -0.1) is 0 Å². The van der Waals surface area contributed by atoms with Crippen molar-refractivity contribution in [1.82, 2.24) is 0 Å². The van der Waals surface area contributed by atoms with Gasteiger partial charge >= 0.3 is 5.97 Å². The van der Waals surface area contributed by atoms with Crippen molar-refractivity contribution in [2.24, 2.45) is 0 Å². The summed E-state index contributed by atoms with van der Waals surface area (Å²) in [6.07, 6.45) is 7.20. The van der Waals surface area contributed by atoms with Gasteiger partial charge in [0.05, 0.1) is 12.7 Å². The van der Waals surface area contributed by atoms with E-state index in [1.165, 1.54) is 5.57 Å². The van der Waals surface area contributed by atoms with Crippen molar-refractivity contribution < 1.29 is 9.53 Å². The molecule has 2 heteroatoms. The molecule has 2 nitrogen and oxygen atoms in total. The van der Waals surface area contributed by atoms with Gasteiger partial charge in [0.15, 0.2) is 0 Å². The fourth-order valence-corrected chi connectivity index (χ4v) is 1.82. The molecule has 0 aliphatic rings. The van der Waals surface area contributed by atoms with Crippen molar-refractivity contribution >= 4 is 5.97 Å². The van der Waals surface area contributed by atoms with E-state index in [0.29, 0.717) is 6.42 Å². The van der Waals surface area contributed by atoms with Gasteiger partial charge in [0, 0.05) is 0 Å². The van der Waals surface area contributed by atoms with Crippen LogP contribution >= 0.6 is 0 Å². The van der Waals surface area contributed by atoms with Crippen molar-refractivity contribution in [1.29, 1.82) is 0 Å². The molecule has 0 atom stereocenters. The lowest BCUT2D eigenvalue weighted by molar-refractivity contribution is -0.137. The Morgan fingerprint density at radius 1 is 1.10 bits per heavy atom. The summed E-state index contributed by atoms with van der Waals surface area (Å²) in [6, 6.07) is 9.64. The molecule has 0 fully saturated rings. The number of benzene rings is 1. The number of ether oxygens (including phenoxy) is 1. The summed E-state index contributed by atoms with van der Waals surface area (Å²) in [5, 5.41) is 0. The SMILES string of the molecule is C/C=C(\C)CCC/C(C)=C/OC(=O)Cc1ccccc1. The number of esters is 1. The molecule has 0 aromatic heterocycles. The molecule has 0 unspecified atom stereocenters. The lowest BCUT2D eigenvalue weighted by Crippen LogP contribution is -2.04. The summed E-state index contributed by atoms with van der Waals surface area (Å²) in [5.41, 5.74) is 3.49. The normalized spacial score (nSPS) is 12.3. The van der Waals surface area contributed by atoms with Crippen LogP contribution in [0.5, 0.6) is 0 Å². The molecule has 0 heterocycles. The first-order chi connectivity index (χ1) is 9.61. The molecule has 0 spiro atoms. The summed E-state index contributed by atoms with van der Waals surface area (Å²) in [5.74, 6) is -0.208. The minimum Gasteiger partial charge on any atom is -0.434 e. The Labute approximate surface area is 122 Å². The van der Waals surface area contributed by atoms with Gasteiger partial charge in [-0.2, -0.15) is 0 Å². The maximum Gasteiger partial charge on any atom is 0.315 e. The van der Waals surface area contributed by atoms with Gasteiger partial charge in [-0.05, 0) is 51.2 Å². The van der Waals surface area contributed by atoms with Crippen LogP contribution in [-0.4, -0.2) is 5.97 Å². The van der Waals surface area contributed by atoms with Gasteiger partial charge in [-0.25, -0.2) is 0 Å². The minimum atomic E-state index is -0.208. The fraction of sp³-hybridized carbons (Fsp3) is 0.389. The standard InChI is InChI=1S/C18H24O2/c1-4-15(2)9-8-10-16(3)14-20-18(19)13-17-11-6-5-7-12-17/h4-7,11-12,14H,8-10,13H2,1-3H3/b15-4+,16-14+. The van der Waals surface area contributed by atoms with E-state index in [4.69, 9.17) is 4.74 Å². The number of rotatable bonds is 7. The van der Waals surface area contributed by atoms with Crippen LogP contribution in [0.15, 0.2) is 53.8 Å². The molecule has 0 saturated heterocycles. The van der Waals surface area contributed by atoms with Crippen molar-refractivity contribution in [3.05, 3.63) is 59.4 Å². The summed E-state index contributed by atoms with van der Waals surface area (Å²) in [7, 11) is 0. The summed E-state index contributed by atoms with van der Waals surface area (Å²) < 4.78 is 5.18. The molecule has 1 aromatic rings. The average Bonchev–Trinajstić information content (AvgIpc) is 2.46. The van der Waals surface area contributed by atoms with Crippen molar-refractivity contribution in [2.75, 3.05) is 0 Å². The molecule has 0 aliphatic heterocycles. The summed E-state index contributed by atoms with van der Waals surface area (Å²) >= 11 is 0. The molecule has 0 N–H and O–H groups in total. The second-order valence-electron chi connectivity index (χ2n) is 5.11. The second kappa shape index (κ2) is 9.13. The Balaban J connectivity index is 2.30. The highest BCUT2D eigenvalue weighted by molar-refractivity contribution is 5.73. The molecule has 108 valence electrons. The predicted molar refractivity (Wildman–Crippen MR) is 83.3 cm³/mol. The van der Waals surface area contributed by atoms with E-state index in [1.54, 1.807) is 6.26 Å². The zero-order chi connectivity index (χ0) is 14.8. The Hall–Kier alpha value is -1.83. The topological polar surface area (TPSA) is 26.3 Å². The Morgan fingerprint density at radius 2 is 1.75 bits per heavy atom. The number of allylic oxidation sites excluding steroid dienone is 3. The van der Waals surface area contributed by atoms with E-state index in [-0.39, 0.29) is 5.97 Å². The zero-order valence-corrected chi connectivity index (χ0v) is 12.7. The first-order valence-electron chi connectivity index (χ1n) is 7.12. The Kier molecular flexibility index (Phi) is 7.41.